The highest BCUT2D eigenvalue weighted by Crippen LogP contribution is 2.26. The molecule has 0 aliphatic carbocycles. The third kappa shape index (κ3) is 4.35. The van der Waals surface area contributed by atoms with Crippen LogP contribution in [0.4, 0.5) is 0 Å². The molecule has 2 aromatic carbocycles. The molecule has 0 bridgehead atoms. The largest absolute Gasteiger partial charge is 0.396 e. The molecule has 0 aliphatic heterocycles. The summed E-state index contributed by atoms with van der Waals surface area (Å²) in [6.45, 7) is 5.77. The highest BCUT2D eigenvalue weighted by molar-refractivity contribution is 7.91. The van der Waals surface area contributed by atoms with Gasteiger partial charge in [-0.1, -0.05) is 48.6 Å². The van der Waals surface area contributed by atoms with Crippen molar-refractivity contribution in [2.24, 2.45) is 0 Å². The predicted octanol–water partition coefficient (Wildman–Crippen LogP) is 3.93. The maximum absolute atomic E-state index is 12.2. The van der Waals surface area contributed by atoms with Crippen molar-refractivity contribution in [1.82, 2.24) is 10.2 Å². The number of aromatic amines is 1. The van der Waals surface area contributed by atoms with E-state index in [0.29, 0.717) is 0 Å². The lowest BCUT2D eigenvalue weighted by atomic mass is 10.0. The highest BCUT2D eigenvalue weighted by atomic mass is 32.2. The number of H-pyrrole nitrogens is 1. The van der Waals surface area contributed by atoms with Gasteiger partial charge in [0.1, 0.15) is 0 Å². The first kappa shape index (κ1) is 19.1. The van der Waals surface area contributed by atoms with Gasteiger partial charge in [0.05, 0.1) is 22.0 Å². The first-order valence-electron chi connectivity index (χ1n) is 8.66. The summed E-state index contributed by atoms with van der Waals surface area (Å²) in [5.74, 6) is -0.0583. The Kier molecular flexibility index (Phi) is 5.58. The molecule has 1 aromatic heterocycles. The standard InChI is InChI=1S/C21H22N2O3S/c1-15(2)16-4-6-17(7-5-16)20-14-21(23-22-20)18-8-10-19(11-9-18)27(25,26)13-3-12-24/h4-11,14,24H,1,3,12-13H2,2H3,(H,22,23). The lowest BCUT2D eigenvalue weighted by molar-refractivity contribution is 0.295. The zero-order valence-corrected chi connectivity index (χ0v) is 16.0. The molecule has 0 amide bonds. The Hall–Kier alpha value is -2.70. The van der Waals surface area contributed by atoms with Crippen LogP contribution in [0.1, 0.15) is 18.9 Å². The summed E-state index contributed by atoms with van der Waals surface area (Å²) < 4.78 is 24.3. The minimum Gasteiger partial charge on any atom is -0.396 e. The molecule has 0 fully saturated rings. The van der Waals surface area contributed by atoms with Gasteiger partial charge in [0.15, 0.2) is 9.84 Å². The molecule has 0 radical (unpaired) electrons. The van der Waals surface area contributed by atoms with Crippen molar-refractivity contribution in [2.75, 3.05) is 12.4 Å². The number of aliphatic hydroxyl groups excluding tert-OH is 1. The summed E-state index contributed by atoms with van der Waals surface area (Å²) in [7, 11) is -3.36. The smallest absolute Gasteiger partial charge is 0.178 e. The number of hydrogen-bond donors (Lipinski definition) is 2. The van der Waals surface area contributed by atoms with E-state index in [1.165, 1.54) is 0 Å². The minimum absolute atomic E-state index is 0.0583. The molecule has 1 heterocycles. The molecule has 3 aromatic rings. The molecule has 0 saturated heterocycles. The molecule has 6 heteroatoms. The number of rotatable bonds is 7. The molecule has 5 nitrogen and oxygen atoms in total. The van der Waals surface area contributed by atoms with Crippen LogP contribution in [0, 0.1) is 0 Å². The van der Waals surface area contributed by atoms with E-state index in [0.717, 1.165) is 33.7 Å². The van der Waals surface area contributed by atoms with Gasteiger partial charge in [0, 0.05) is 12.2 Å². The van der Waals surface area contributed by atoms with E-state index in [1.807, 2.05) is 37.3 Å². The second-order valence-corrected chi connectivity index (χ2v) is 8.55. The summed E-state index contributed by atoms with van der Waals surface area (Å²) >= 11 is 0. The summed E-state index contributed by atoms with van der Waals surface area (Å²) in [4.78, 5) is 0.259. The van der Waals surface area contributed by atoms with Gasteiger partial charge in [-0.05, 0) is 42.7 Å². The first-order valence-corrected chi connectivity index (χ1v) is 10.3. The highest BCUT2D eigenvalue weighted by Gasteiger charge is 2.14. The van der Waals surface area contributed by atoms with Gasteiger partial charge in [0.2, 0.25) is 0 Å². The van der Waals surface area contributed by atoms with Gasteiger partial charge in [-0.3, -0.25) is 5.10 Å². The normalized spacial score (nSPS) is 11.5. The van der Waals surface area contributed by atoms with Gasteiger partial charge >= 0.3 is 0 Å². The maximum Gasteiger partial charge on any atom is 0.178 e. The predicted molar refractivity (Wildman–Crippen MR) is 108 cm³/mol. The number of aromatic nitrogens is 2. The number of sulfone groups is 1. The van der Waals surface area contributed by atoms with Crippen molar-refractivity contribution in [2.45, 2.75) is 18.2 Å². The second-order valence-electron chi connectivity index (χ2n) is 6.44. The topological polar surface area (TPSA) is 83.0 Å². The van der Waals surface area contributed by atoms with E-state index in [2.05, 4.69) is 16.8 Å². The fraction of sp³-hybridized carbons (Fsp3) is 0.190. The van der Waals surface area contributed by atoms with Gasteiger partial charge in [-0.15, -0.1) is 0 Å². The Balaban J connectivity index is 1.81. The molecule has 3 rings (SSSR count). The minimum atomic E-state index is -3.36. The molecule has 0 aliphatic rings. The third-order valence-corrected chi connectivity index (χ3v) is 6.16. The number of benzene rings is 2. The van der Waals surface area contributed by atoms with Gasteiger partial charge in [0.25, 0.3) is 0 Å². The van der Waals surface area contributed by atoms with Crippen LogP contribution < -0.4 is 0 Å². The van der Waals surface area contributed by atoms with E-state index in [9.17, 15) is 8.42 Å². The zero-order valence-electron chi connectivity index (χ0n) is 15.1. The van der Waals surface area contributed by atoms with Crippen LogP contribution in [-0.2, 0) is 9.84 Å². The molecule has 0 atom stereocenters. The summed E-state index contributed by atoms with van der Waals surface area (Å²) in [6.07, 6.45) is 0.234. The number of nitrogens with zero attached hydrogens (tertiary/aromatic N) is 1. The molecule has 0 spiro atoms. The number of nitrogens with one attached hydrogen (secondary N) is 1. The van der Waals surface area contributed by atoms with Gasteiger partial charge in [-0.2, -0.15) is 5.10 Å². The SMILES string of the molecule is C=C(C)c1ccc(-c2cc(-c3ccc(S(=O)(=O)CCCO)cc3)[nH]n2)cc1. The molecular weight excluding hydrogens is 360 g/mol. The molecule has 2 N–H and O–H groups in total. The number of allylic oxidation sites excluding steroid dienone is 1. The number of aliphatic hydroxyl groups is 1. The van der Waals surface area contributed by atoms with Crippen LogP contribution in [0.2, 0.25) is 0 Å². The lowest BCUT2D eigenvalue weighted by Gasteiger charge is -2.04. The van der Waals surface area contributed by atoms with Crippen LogP contribution in [-0.4, -0.2) is 36.1 Å². The van der Waals surface area contributed by atoms with E-state index in [-0.39, 0.29) is 23.7 Å². The third-order valence-electron chi connectivity index (χ3n) is 4.35. The molecular formula is C21H22N2O3S. The Labute approximate surface area is 159 Å². The Morgan fingerprint density at radius 3 is 2.30 bits per heavy atom. The Morgan fingerprint density at radius 2 is 1.70 bits per heavy atom. The molecule has 27 heavy (non-hydrogen) atoms. The van der Waals surface area contributed by atoms with Crippen molar-refractivity contribution in [3.63, 3.8) is 0 Å². The lowest BCUT2D eigenvalue weighted by Crippen LogP contribution is -2.08. The van der Waals surface area contributed by atoms with Crippen molar-refractivity contribution < 1.29 is 13.5 Å². The van der Waals surface area contributed by atoms with Crippen LogP contribution in [0.25, 0.3) is 28.1 Å². The van der Waals surface area contributed by atoms with E-state index in [1.54, 1.807) is 24.3 Å². The van der Waals surface area contributed by atoms with E-state index < -0.39 is 9.84 Å². The average molecular weight is 382 g/mol. The molecule has 0 saturated carbocycles. The van der Waals surface area contributed by atoms with Crippen molar-refractivity contribution in [1.29, 1.82) is 0 Å². The van der Waals surface area contributed by atoms with Crippen molar-refractivity contribution >= 4 is 15.4 Å². The molecule has 140 valence electrons. The van der Waals surface area contributed by atoms with Crippen molar-refractivity contribution in [3.05, 3.63) is 66.7 Å². The quantitative estimate of drug-likeness (QED) is 0.648. The van der Waals surface area contributed by atoms with Crippen LogP contribution in [0.5, 0.6) is 0 Å². The maximum atomic E-state index is 12.2. The van der Waals surface area contributed by atoms with Crippen LogP contribution >= 0.6 is 0 Å². The fourth-order valence-corrected chi connectivity index (χ4v) is 4.05. The summed E-state index contributed by atoms with van der Waals surface area (Å²) in [5, 5.41) is 16.2. The fourth-order valence-electron chi connectivity index (χ4n) is 2.76. The Bertz CT molecular complexity index is 1030. The van der Waals surface area contributed by atoms with E-state index in [4.69, 9.17) is 5.11 Å². The summed E-state index contributed by atoms with van der Waals surface area (Å²) in [6, 6.07) is 16.7. The van der Waals surface area contributed by atoms with Gasteiger partial charge in [-0.25, -0.2) is 8.42 Å². The van der Waals surface area contributed by atoms with E-state index >= 15 is 0 Å². The molecule has 0 unspecified atom stereocenters. The zero-order chi connectivity index (χ0) is 19.4. The second kappa shape index (κ2) is 7.90. The van der Waals surface area contributed by atoms with Crippen LogP contribution in [0.3, 0.4) is 0 Å². The monoisotopic (exact) mass is 382 g/mol. The van der Waals surface area contributed by atoms with Crippen molar-refractivity contribution in [3.8, 4) is 22.5 Å². The number of hydrogen-bond acceptors (Lipinski definition) is 4. The summed E-state index contributed by atoms with van der Waals surface area (Å²) in [5.41, 5.74) is 5.58. The first-order chi connectivity index (χ1) is 12.9. The van der Waals surface area contributed by atoms with Crippen LogP contribution in [0.15, 0.2) is 66.1 Å². The average Bonchev–Trinajstić information content (AvgIpc) is 3.17. The Morgan fingerprint density at radius 1 is 1.07 bits per heavy atom. The van der Waals surface area contributed by atoms with Gasteiger partial charge < -0.3 is 5.11 Å².